The highest BCUT2D eigenvalue weighted by molar-refractivity contribution is 4.88. The average Bonchev–Trinajstić information content (AvgIpc) is 2.28. The van der Waals surface area contributed by atoms with E-state index in [-0.39, 0.29) is 11.8 Å². The molecule has 0 fully saturated rings. The van der Waals surface area contributed by atoms with Gasteiger partial charge in [-0.2, -0.15) is 5.26 Å². The van der Waals surface area contributed by atoms with Crippen LogP contribution in [0.25, 0.3) is 0 Å². The second-order valence-corrected chi connectivity index (χ2v) is 3.17. The van der Waals surface area contributed by atoms with Gasteiger partial charge in [0.15, 0.2) is 12.6 Å². The lowest BCUT2D eigenvalue weighted by molar-refractivity contribution is -0.229. The first-order valence-electron chi connectivity index (χ1n) is 4.67. The Morgan fingerprint density at radius 3 is 1.40 bits per heavy atom. The molecule has 0 aromatic heterocycles. The van der Waals surface area contributed by atoms with Crippen molar-refractivity contribution in [2.75, 3.05) is 28.4 Å². The molecule has 5 heteroatoms. The quantitative estimate of drug-likeness (QED) is 0.595. The van der Waals surface area contributed by atoms with Crippen molar-refractivity contribution in [1.82, 2.24) is 0 Å². The predicted octanol–water partition coefficient (Wildman–Crippen LogP) is 1.00. The van der Waals surface area contributed by atoms with Crippen molar-refractivity contribution >= 4 is 0 Å². The van der Waals surface area contributed by atoms with E-state index in [1.165, 1.54) is 28.4 Å². The summed E-state index contributed by atoms with van der Waals surface area (Å²) in [4.78, 5) is 0. The molecule has 0 aliphatic rings. The zero-order chi connectivity index (χ0) is 11.8. The summed E-state index contributed by atoms with van der Waals surface area (Å²) in [5, 5.41) is 8.91. The Kier molecular flexibility index (Phi) is 7.26. The smallest absolute Gasteiger partial charge is 0.165 e. The molecule has 0 aromatic carbocycles. The molecule has 0 heterocycles. The summed E-state index contributed by atoms with van der Waals surface area (Å²) in [7, 11) is 6.09. The zero-order valence-electron chi connectivity index (χ0n) is 9.89. The van der Waals surface area contributed by atoms with Crippen molar-refractivity contribution in [3.8, 4) is 6.07 Å². The topological polar surface area (TPSA) is 60.7 Å². The third-order valence-electron chi connectivity index (χ3n) is 2.34. The molecule has 0 saturated carbocycles. The molecular weight excluding hydrogens is 198 g/mol. The Hall–Kier alpha value is -0.670. The van der Waals surface area contributed by atoms with Crippen LogP contribution in [0.4, 0.5) is 0 Å². The molecule has 0 aromatic rings. The highest BCUT2D eigenvalue weighted by atomic mass is 16.7. The van der Waals surface area contributed by atoms with Crippen molar-refractivity contribution in [2.24, 2.45) is 11.8 Å². The fourth-order valence-electron chi connectivity index (χ4n) is 1.51. The van der Waals surface area contributed by atoms with Crippen LogP contribution < -0.4 is 0 Å². The van der Waals surface area contributed by atoms with Crippen molar-refractivity contribution < 1.29 is 18.9 Å². The summed E-state index contributed by atoms with van der Waals surface area (Å²) in [6, 6.07) is 2.14. The number of methoxy groups -OCH3 is 4. The van der Waals surface area contributed by atoms with Gasteiger partial charge in [0, 0.05) is 28.4 Å². The number of nitriles is 1. The first-order valence-corrected chi connectivity index (χ1v) is 4.67. The zero-order valence-corrected chi connectivity index (χ0v) is 9.89. The van der Waals surface area contributed by atoms with Gasteiger partial charge in [0.05, 0.1) is 17.9 Å². The van der Waals surface area contributed by atoms with Crippen LogP contribution in [0.15, 0.2) is 0 Å². The fraction of sp³-hybridized carbons (Fsp3) is 0.900. The molecule has 0 amide bonds. The van der Waals surface area contributed by atoms with Gasteiger partial charge in [-0.1, -0.05) is 0 Å². The van der Waals surface area contributed by atoms with Gasteiger partial charge in [0.2, 0.25) is 0 Å². The van der Waals surface area contributed by atoms with Crippen LogP contribution in [0.5, 0.6) is 0 Å². The molecule has 88 valence electrons. The highest BCUT2D eigenvalue weighted by Gasteiger charge is 2.35. The van der Waals surface area contributed by atoms with E-state index >= 15 is 0 Å². The summed E-state index contributed by atoms with van der Waals surface area (Å²) >= 11 is 0. The number of rotatable bonds is 7. The van der Waals surface area contributed by atoms with Gasteiger partial charge in [0.25, 0.3) is 0 Å². The number of hydrogen-bond donors (Lipinski definition) is 0. The first kappa shape index (κ1) is 14.3. The van der Waals surface area contributed by atoms with Crippen molar-refractivity contribution in [3.63, 3.8) is 0 Å². The number of nitrogens with zero attached hydrogens (tertiary/aromatic N) is 1. The van der Waals surface area contributed by atoms with Gasteiger partial charge in [0.1, 0.15) is 0 Å². The van der Waals surface area contributed by atoms with Gasteiger partial charge in [-0.15, -0.1) is 0 Å². The molecule has 0 spiro atoms. The summed E-state index contributed by atoms with van der Waals surface area (Å²) < 4.78 is 20.5. The van der Waals surface area contributed by atoms with Crippen LogP contribution in [-0.4, -0.2) is 41.0 Å². The molecule has 1 atom stereocenters. The summed E-state index contributed by atoms with van der Waals surface area (Å²) in [6.45, 7) is 1.78. The monoisotopic (exact) mass is 217 g/mol. The van der Waals surface area contributed by atoms with E-state index in [9.17, 15) is 0 Å². The maximum Gasteiger partial charge on any atom is 0.165 e. The third-order valence-corrected chi connectivity index (χ3v) is 2.34. The Labute approximate surface area is 90.9 Å². The lowest BCUT2D eigenvalue weighted by atomic mass is 9.94. The van der Waals surface area contributed by atoms with Crippen molar-refractivity contribution in [1.29, 1.82) is 5.26 Å². The predicted molar refractivity (Wildman–Crippen MR) is 53.9 cm³/mol. The van der Waals surface area contributed by atoms with E-state index in [1.807, 2.05) is 0 Å². The van der Waals surface area contributed by atoms with Crippen LogP contribution in [0.1, 0.15) is 6.92 Å². The van der Waals surface area contributed by atoms with Crippen LogP contribution in [-0.2, 0) is 18.9 Å². The van der Waals surface area contributed by atoms with Crippen LogP contribution in [0.3, 0.4) is 0 Å². The van der Waals surface area contributed by atoms with E-state index in [0.717, 1.165) is 0 Å². The van der Waals surface area contributed by atoms with Gasteiger partial charge >= 0.3 is 0 Å². The van der Waals surface area contributed by atoms with E-state index in [4.69, 9.17) is 24.2 Å². The highest BCUT2D eigenvalue weighted by Crippen LogP contribution is 2.24. The minimum absolute atomic E-state index is 0.292. The van der Waals surface area contributed by atoms with Gasteiger partial charge < -0.3 is 18.9 Å². The minimum Gasteiger partial charge on any atom is -0.355 e. The first-order chi connectivity index (χ1) is 7.15. The third kappa shape index (κ3) is 3.76. The van der Waals surface area contributed by atoms with Gasteiger partial charge in [-0.05, 0) is 6.92 Å². The van der Waals surface area contributed by atoms with E-state index in [0.29, 0.717) is 0 Å². The van der Waals surface area contributed by atoms with E-state index < -0.39 is 12.6 Å². The molecule has 0 unspecified atom stereocenters. The van der Waals surface area contributed by atoms with Crippen molar-refractivity contribution in [3.05, 3.63) is 0 Å². The Bertz CT molecular complexity index is 184. The van der Waals surface area contributed by atoms with E-state index in [1.54, 1.807) is 6.92 Å². The lowest BCUT2D eigenvalue weighted by Gasteiger charge is -2.31. The maximum atomic E-state index is 8.91. The Morgan fingerprint density at radius 1 is 0.867 bits per heavy atom. The number of ether oxygens (including phenoxy) is 4. The Balaban J connectivity index is 4.77. The summed E-state index contributed by atoms with van der Waals surface area (Å²) in [5.74, 6) is -0.584. The average molecular weight is 217 g/mol. The summed E-state index contributed by atoms with van der Waals surface area (Å²) in [6.07, 6.45) is -1.05. The minimum atomic E-state index is -0.524. The van der Waals surface area contributed by atoms with Crippen LogP contribution in [0.2, 0.25) is 0 Å². The molecule has 0 aliphatic carbocycles. The lowest BCUT2D eigenvalue weighted by Crippen LogP contribution is -2.40. The van der Waals surface area contributed by atoms with Gasteiger partial charge in [-0.3, -0.25) is 0 Å². The van der Waals surface area contributed by atoms with E-state index in [2.05, 4.69) is 6.07 Å². The summed E-state index contributed by atoms with van der Waals surface area (Å²) in [5.41, 5.74) is 0. The second-order valence-electron chi connectivity index (χ2n) is 3.17. The molecule has 5 nitrogen and oxygen atoms in total. The molecule has 0 bridgehead atoms. The van der Waals surface area contributed by atoms with Gasteiger partial charge in [-0.25, -0.2) is 0 Å². The molecule has 15 heavy (non-hydrogen) atoms. The second kappa shape index (κ2) is 7.60. The fourth-order valence-corrected chi connectivity index (χ4v) is 1.51. The molecule has 0 rings (SSSR count). The molecule has 0 radical (unpaired) electrons. The SMILES string of the molecule is COC(OC)C(C(OC)OC)[C@H](C)C#N. The largest absolute Gasteiger partial charge is 0.355 e. The molecule has 0 N–H and O–H groups in total. The normalized spacial score (nSPS) is 13.5. The van der Waals surface area contributed by atoms with Crippen LogP contribution in [0, 0.1) is 23.2 Å². The maximum absolute atomic E-state index is 8.91. The van der Waals surface area contributed by atoms with Crippen molar-refractivity contribution in [2.45, 2.75) is 19.5 Å². The number of hydrogen-bond acceptors (Lipinski definition) is 5. The van der Waals surface area contributed by atoms with Crippen LogP contribution >= 0.6 is 0 Å². The molecule has 0 aliphatic heterocycles. The Morgan fingerprint density at radius 2 is 1.20 bits per heavy atom. The standard InChI is InChI=1S/C10H19NO4/c1-7(6-11)8(9(12-2)13-3)10(14-4)15-5/h7-10H,1-5H3/t7-/m1/s1. The molecular formula is C10H19NO4. The molecule has 0 saturated heterocycles.